The summed E-state index contributed by atoms with van der Waals surface area (Å²) < 4.78 is 4.73. The number of rotatable bonds is 5. The Morgan fingerprint density at radius 2 is 2.00 bits per heavy atom. The zero-order valence-electron chi connectivity index (χ0n) is 10.4. The van der Waals surface area contributed by atoms with Crippen molar-refractivity contribution in [2.75, 3.05) is 30.9 Å². The number of hydrogen-bond donors (Lipinski definition) is 3. The molecule has 0 aliphatic carbocycles. The van der Waals surface area contributed by atoms with Crippen LogP contribution in [0.25, 0.3) is 0 Å². The van der Waals surface area contributed by atoms with Gasteiger partial charge in [-0.2, -0.15) is 0 Å². The molecule has 0 saturated heterocycles. The van der Waals surface area contributed by atoms with E-state index in [0.29, 0.717) is 11.4 Å². The van der Waals surface area contributed by atoms with Crippen molar-refractivity contribution in [2.24, 2.45) is 5.73 Å². The van der Waals surface area contributed by atoms with Gasteiger partial charge >= 0.3 is 0 Å². The molecule has 0 unspecified atom stereocenters. The number of anilines is 2. The van der Waals surface area contributed by atoms with E-state index in [0.717, 1.165) is 5.56 Å². The molecule has 18 heavy (non-hydrogen) atoms. The number of carbonyl (C=O) groups is 2. The first-order chi connectivity index (χ1) is 8.56. The third kappa shape index (κ3) is 4.15. The highest BCUT2D eigenvalue weighted by molar-refractivity contribution is 5.95. The summed E-state index contributed by atoms with van der Waals surface area (Å²) in [6.07, 6.45) is 0. The number of carbonyl (C=O) groups excluding carboxylic acids is 2. The maximum atomic E-state index is 11.4. The predicted octanol–water partition coefficient (Wildman–Crippen LogP) is 0.477. The van der Waals surface area contributed by atoms with Gasteiger partial charge in [0.2, 0.25) is 11.8 Å². The second-order valence-electron chi connectivity index (χ2n) is 3.76. The molecule has 0 aliphatic heterocycles. The quantitative estimate of drug-likeness (QED) is 0.709. The van der Waals surface area contributed by atoms with Crippen LogP contribution in [0.2, 0.25) is 0 Å². The molecule has 6 heteroatoms. The minimum Gasteiger partial charge on any atom is -0.375 e. The number of methoxy groups -OCH3 is 1. The lowest BCUT2D eigenvalue weighted by molar-refractivity contribution is -0.119. The molecule has 0 aliphatic rings. The van der Waals surface area contributed by atoms with Crippen molar-refractivity contribution in [3.8, 4) is 0 Å². The van der Waals surface area contributed by atoms with E-state index in [4.69, 9.17) is 10.5 Å². The number of hydrogen-bond acceptors (Lipinski definition) is 4. The summed E-state index contributed by atoms with van der Waals surface area (Å²) in [5.74, 6) is -0.532. The van der Waals surface area contributed by atoms with Crippen LogP contribution in [-0.2, 0) is 14.3 Å². The first kappa shape index (κ1) is 14.1. The molecule has 2 amide bonds. The highest BCUT2D eigenvalue weighted by Gasteiger charge is 2.06. The lowest BCUT2D eigenvalue weighted by atomic mass is 10.1. The van der Waals surface area contributed by atoms with Crippen LogP contribution in [0, 0.1) is 6.92 Å². The molecule has 0 fully saturated rings. The van der Waals surface area contributed by atoms with Crippen molar-refractivity contribution < 1.29 is 14.3 Å². The number of benzene rings is 1. The molecule has 98 valence electrons. The zero-order chi connectivity index (χ0) is 13.5. The Morgan fingerprint density at radius 1 is 1.28 bits per heavy atom. The lowest BCUT2D eigenvalue weighted by Crippen LogP contribution is -2.22. The van der Waals surface area contributed by atoms with Crippen molar-refractivity contribution in [1.29, 1.82) is 0 Å². The van der Waals surface area contributed by atoms with Gasteiger partial charge in [0.05, 0.1) is 6.54 Å². The lowest BCUT2D eigenvalue weighted by Gasteiger charge is -2.11. The van der Waals surface area contributed by atoms with Crippen molar-refractivity contribution in [3.05, 3.63) is 23.8 Å². The standard InChI is InChI=1S/C12H17N3O3/c1-8-3-4-9(14-11(16)6-13)5-10(8)15-12(17)7-18-2/h3-5H,6-7,13H2,1-2H3,(H,14,16)(H,15,17). The fraction of sp³-hybridized carbons (Fsp3) is 0.333. The molecule has 0 radical (unpaired) electrons. The number of ether oxygens (including phenoxy) is 1. The summed E-state index contributed by atoms with van der Waals surface area (Å²) in [6, 6.07) is 5.22. The van der Waals surface area contributed by atoms with E-state index in [1.165, 1.54) is 7.11 Å². The first-order valence-corrected chi connectivity index (χ1v) is 5.46. The van der Waals surface area contributed by atoms with Crippen LogP contribution < -0.4 is 16.4 Å². The molecular formula is C12H17N3O3. The molecule has 0 heterocycles. The second-order valence-corrected chi connectivity index (χ2v) is 3.76. The fourth-order valence-electron chi connectivity index (χ4n) is 1.36. The van der Waals surface area contributed by atoms with Crippen LogP contribution in [0.1, 0.15) is 5.56 Å². The number of nitrogens with one attached hydrogen (secondary N) is 2. The number of aryl methyl sites for hydroxylation is 1. The molecule has 4 N–H and O–H groups in total. The largest absolute Gasteiger partial charge is 0.375 e. The Hall–Kier alpha value is -1.92. The van der Waals surface area contributed by atoms with Gasteiger partial charge < -0.3 is 21.1 Å². The third-order valence-electron chi connectivity index (χ3n) is 2.26. The minimum atomic E-state index is -0.284. The van der Waals surface area contributed by atoms with E-state index >= 15 is 0 Å². The molecule has 6 nitrogen and oxygen atoms in total. The van der Waals surface area contributed by atoms with E-state index in [1.807, 2.05) is 6.92 Å². The summed E-state index contributed by atoms with van der Waals surface area (Å²) in [4.78, 5) is 22.6. The van der Waals surface area contributed by atoms with Crippen LogP contribution in [0.3, 0.4) is 0 Å². The van der Waals surface area contributed by atoms with Gasteiger partial charge in [-0.15, -0.1) is 0 Å². The fourth-order valence-corrected chi connectivity index (χ4v) is 1.36. The van der Waals surface area contributed by atoms with Gasteiger partial charge in [-0.3, -0.25) is 9.59 Å². The number of nitrogens with two attached hydrogens (primary N) is 1. The van der Waals surface area contributed by atoms with Gasteiger partial charge in [-0.1, -0.05) is 6.07 Å². The molecule has 0 spiro atoms. The van der Waals surface area contributed by atoms with Gasteiger partial charge in [0.25, 0.3) is 0 Å². The summed E-state index contributed by atoms with van der Waals surface area (Å²) >= 11 is 0. The molecule has 1 rings (SSSR count). The molecular weight excluding hydrogens is 234 g/mol. The topological polar surface area (TPSA) is 93.5 Å². The Morgan fingerprint density at radius 3 is 2.61 bits per heavy atom. The minimum absolute atomic E-state index is 0.0151. The monoisotopic (exact) mass is 251 g/mol. The molecule has 0 aromatic heterocycles. The number of amides is 2. The molecule has 1 aromatic carbocycles. The highest BCUT2D eigenvalue weighted by atomic mass is 16.5. The van der Waals surface area contributed by atoms with Crippen LogP contribution >= 0.6 is 0 Å². The first-order valence-electron chi connectivity index (χ1n) is 5.46. The zero-order valence-corrected chi connectivity index (χ0v) is 10.4. The normalized spacial score (nSPS) is 9.94. The second kappa shape index (κ2) is 6.73. The van der Waals surface area contributed by atoms with Gasteiger partial charge in [-0.25, -0.2) is 0 Å². The Bertz CT molecular complexity index is 446. The smallest absolute Gasteiger partial charge is 0.250 e. The van der Waals surface area contributed by atoms with E-state index in [-0.39, 0.29) is 25.0 Å². The van der Waals surface area contributed by atoms with Gasteiger partial charge in [0.15, 0.2) is 0 Å². The van der Waals surface area contributed by atoms with E-state index in [2.05, 4.69) is 10.6 Å². The van der Waals surface area contributed by atoms with Crippen molar-refractivity contribution in [3.63, 3.8) is 0 Å². The maximum Gasteiger partial charge on any atom is 0.250 e. The van der Waals surface area contributed by atoms with Crippen LogP contribution in [0.15, 0.2) is 18.2 Å². The maximum absolute atomic E-state index is 11.4. The van der Waals surface area contributed by atoms with E-state index < -0.39 is 0 Å². The predicted molar refractivity (Wildman–Crippen MR) is 69.4 cm³/mol. The molecule has 0 saturated carbocycles. The van der Waals surface area contributed by atoms with Crippen molar-refractivity contribution in [2.45, 2.75) is 6.92 Å². The van der Waals surface area contributed by atoms with Gasteiger partial charge in [0, 0.05) is 18.5 Å². The summed E-state index contributed by atoms with van der Waals surface area (Å²) in [5.41, 5.74) is 7.32. The average molecular weight is 251 g/mol. The average Bonchev–Trinajstić information content (AvgIpc) is 2.33. The Balaban J connectivity index is 2.80. The summed E-state index contributed by atoms with van der Waals surface area (Å²) in [5, 5.41) is 5.31. The van der Waals surface area contributed by atoms with Crippen LogP contribution in [0.5, 0.6) is 0 Å². The summed E-state index contributed by atoms with van der Waals surface area (Å²) in [7, 11) is 1.45. The van der Waals surface area contributed by atoms with Crippen molar-refractivity contribution in [1.82, 2.24) is 0 Å². The van der Waals surface area contributed by atoms with Crippen molar-refractivity contribution >= 4 is 23.2 Å². The van der Waals surface area contributed by atoms with E-state index in [9.17, 15) is 9.59 Å². The van der Waals surface area contributed by atoms with Gasteiger partial charge in [-0.05, 0) is 24.6 Å². The molecule has 1 aromatic rings. The van der Waals surface area contributed by atoms with Crippen LogP contribution in [-0.4, -0.2) is 32.1 Å². The van der Waals surface area contributed by atoms with Crippen LogP contribution in [0.4, 0.5) is 11.4 Å². The summed E-state index contributed by atoms with van der Waals surface area (Å²) in [6.45, 7) is 1.76. The molecule has 0 atom stereocenters. The SMILES string of the molecule is COCC(=O)Nc1cc(NC(=O)CN)ccc1C. The molecule has 0 bridgehead atoms. The highest BCUT2D eigenvalue weighted by Crippen LogP contribution is 2.20. The Kier molecular flexibility index (Phi) is 5.29. The van der Waals surface area contributed by atoms with E-state index in [1.54, 1.807) is 18.2 Å². The third-order valence-corrected chi connectivity index (χ3v) is 2.26. The van der Waals surface area contributed by atoms with Gasteiger partial charge in [0.1, 0.15) is 6.61 Å². The Labute approximate surface area is 105 Å².